The smallest absolute Gasteiger partial charge is 0.303 e. The van der Waals surface area contributed by atoms with Gasteiger partial charge in [0.15, 0.2) is 0 Å². The predicted octanol–water partition coefficient (Wildman–Crippen LogP) is 2.80. The highest BCUT2D eigenvalue weighted by molar-refractivity contribution is 5.97. The van der Waals surface area contributed by atoms with Crippen molar-refractivity contribution in [2.75, 3.05) is 13.1 Å². The van der Waals surface area contributed by atoms with Crippen LogP contribution in [0.25, 0.3) is 0 Å². The highest BCUT2D eigenvalue weighted by Crippen LogP contribution is 2.25. The number of aliphatic carboxylic acids is 1. The fourth-order valence-electron chi connectivity index (χ4n) is 2.76. The van der Waals surface area contributed by atoms with Crippen LogP contribution in [0.5, 0.6) is 5.75 Å². The van der Waals surface area contributed by atoms with Crippen LogP contribution in [-0.2, 0) is 4.79 Å². The summed E-state index contributed by atoms with van der Waals surface area (Å²) in [5.41, 5.74) is 0.577. The molecule has 0 atom stereocenters. The Bertz CT molecular complexity index is 533. The van der Waals surface area contributed by atoms with Crippen LogP contribution in [-0.4, -0.2) is 41.1 Å². The molecule has 120 valence electrons. The molecule has 0 radical (unpaired) electrons. The lowest BCUT2D eigenvalue weighted by Crippen LogP contribution is -2.39. The molecular weight excluding hydrogens is 282 g/mol. The molecule has 1 aliphatic rings. The van der Waals surface area contributed by atoms with Gasteiger partial charge in [-0.2, -0.15) is 0 Å². The van der Waals surface area contributed by atoms with Gasteiger partial charge in [0.05, 0.1) is 11.7 Å². The number of hydrogen-bond acceptors (Lipinski definition) is 3. The van der Waals surface area contributed by atoms with Crippen LogP contribution in [0.1, 0.15) is 43.5 Å². The van der Waals surface area contributed by atoms with Gasteiger partial charge in [0.2, 0.25) is 0 Å². The Labute approximate surface area is 130 Å². The molecule has 1 amide bonds. The van der Waals surface area contributed by atoms with Crippen molar-refractivity contribution in [2.24, 2.45) is 5.92 Å². The monoisotopic (exact) mass is 305 g/mol. The second kappa shape index (κ2) is 7.29. The lowest BCUT2D eigenvalue weighted by molar-refractivity contribution is -0.138. The molecule has 2 rings (SSSR count). The standard InChI is InChI=1S/C17H23NO4/c1-12(2)22-15-6-4-3-5-14(15)17(21)18-9-7-13(8-10-18)11-16(19)20/h3-6,12-13H,7-11H2,1-2H3,(H,19,20). The molecule has 1 aromatic rings. The molecule has 22 heavy (non-hydrogen) atoms. The van der Waals surface area contributed by atoms with Crippen molar-refractivity contribution < 1.29 is 19.4 Å². The lowest BCUT2D eigenvalue weighted by atomic mass is 9.93. The fourth-order valence-corrected chi connectivity index (χ4v) is 2.76. The highest BCUT2D eigenvalue weighted by Gasteiger charge is 2.26. The molecule has 1 aliphatic heterocycles. The van der Waals surface area contributed by atoms with Crippen molar-refractivity contribution in [3.8, 4) is 5.75 Å². The molecule has 1 fully saturated rings. The van der Waals surface area contributed by atoms with E-state index in [0.717, 1.165) is 12.8 Å². The quantitative estimate of drug-likeness (QED) is 0.908. The van der Waals surface area contributed by atoms with E-state index in [-0.39, 0.29) is 24.3 Å². The van der Waals surface area contributed by atoms with Gasteiger partial charge >= 0.3 is 5.97 Å². The summed E-state index contributed by atoms with van der Waals surface area (Å²) >= 11 is 0. The third kappa shape index (κ3) is 4.23. The molecule has 1 saturated heterocycles. The summed E-state index contributed by atoms with van der Waals surface area (Å²) in [6.07, 6.45) is 1.68. The minimum absolute atomic E-state index is 0.00949. The molecule has 5 heteroatoms. The van der Waals surface area contributed by atoms with Crippen LogP contribution in [0.15, 0.2) is 24.3 Å². The summed E-state index contributed by atoms with van der Waals surface area (Å²) in [5, 5.41) is 8.84. The molecular formula is C17H23NO4. The summed E-state index contributed by atoms with van der Waals surface area (Å²) in [4.78, 5) is 25.2. The van der Waals surface area contributed by atoms with E-state index < -0.39 is 5.97 Å². The number of carboxylic acid groups (broad SMARTS) is 1. The van der Waals surface area contributed by atoms with Crippen molar-refractivity contribution in [1.82, 2.24) is 4.90 Å². The van der Waals surface area contributed by atoms with Crippen molar-refractivity contribution in [1.29, 1.82) is 0 Å². The molecule has 0 aromatic heterocycles. The van der Waals surface area contributed by atoms with Crippen LogP contribution >= 0.6 is 0 Å². The third-order valence-corrected chi connectivity index (χ3v) is 3.85. The maximum atomic E-state index is 12.7. The first-order valence-electron chi connectivity index (χ1n) is 7.74. The molecule has 5 nitrogen and oxygen atoms in total. The molecule has 1 heterocycles. The Kier molecular flexibility index (Phi) is 5.41. The highest BCUT2D eigenvalue weighted by atomic mass is 16.5. The minimum atomic E-state index is -0.763. The predicted molar refractivity (Wildman–Crippen MR) is 83.1 cm³/mol. The Morgan fingerprint density at radius 3 is 2.50 bits per heavy atom. The summed E-state index contributed by atoms with van der Waals surface area (Å²) in [6, 6.07) is 7.28. The number of carbonyl (C=O) groups excluding carboxylic acids is 1. The second-order valence-corrected chi connectivity index (χ2v) is 6.00. The summed E-state index contributed by atoms with van der Waals surface area (Å²) in [6.45, 7) is 5.07. The largest absolute Gasteiger partial charge is 0.490 e. The van der Waals surface area contributed by atoms with E-state index >= 15 is 0 Å². The Morgan fingerprint density at radius 1 is 1.27 bits per heavy atom. The Balaban J connectivity index is 2.02. The van der Waals surface area contributed by atoms with E-state index in [1.807, 2.05) is 32.0 Å². The van der Waals surface area contributed by atoms with Gasteiger partial charge in [-0.15, -0.1) is 0 Å². The number of benzene rings is 1. The van der Waals surface area contributed by atoms with E-state index in [1.165, 1.54) is 0 Å². The van der Waals surface area contributed by atoms with Gasteiger partial charge in [0.25, 0.3) is 5.91 Å². The van der Waals surface area contributed by atoms with E-state index in [4.69, 9.17) is 9.84 Å². The number of amides is 1. The minimum Gasteiger partial charge on any atom is -0.490 e. The van der Waals surface area contributed by atoms with E-state index in [0.29, 0.717) is 24.4 Å². The summed E-state index contributed by atoms with van der Waals surface area (Å²) < 4.78 is 5.71. The molecule has 0 spiro atoms. The number of carboxylic acids is 1. The maximum absolute atomic E-state index is 12.7. The van der Waals surface area contributed by atoms with Crippen LogP contribution in [0.3, 0.4) is 0 Å². The topological polar surface area (TPSA) is 66.8 Å². The van der Waals surface area contributed by atoms with E-state index in [9.17, 15) is 9.59 Å². The number of likely N-dealkylation sites (tertiary alicyclic amines) is 1. The van der Waals surface area contributed by atoms with Crippen molar-refractivity contribution >= 4 is 11.9 Å². The van der Waals surface area contributed by atoms with Crippen LogP contribution in [0.4, 0.5) is 0 Å². The Morgan fingerprint density at radius 2 is 1.91 bits per heavy atom. The lowest BCUT2D eigenvalue weighted by Gasteiger charge is -2.31. The Hall–Kier alpha value is -2.04. The van der Waals surface area contributed by atoms with Gasteiger partial charge < -0.3 is 14.7 Å². The van der Waals surface area contributed by atoms with Crippen LogP contribution in [0, 0.1) is 5.92 Å². The number of hydrogen-bond donors (Lipinski definition) is 1. The second-order valence-electron chi connectivity index (χ2n) is 6.00. The number of ether oxygens (including phenoxy) is 1. The van der Waals surface area contributed by atoms with Crippen molar-refractivity contribution in [3.05, 3.63) is 29.8 Å². The zero-order chi connectivity index (χ0) is 16.1. The zero-order valence-corrected chi connectivity index (χ0v) is 13.1. The molecule has 0 unspecified atom stereocenters. The zero-order valence-electron chi connectivity index (χ0n) is 13.1. The van der Waals surface area contributed by atoms with Gasteiger partial charge in [0.1, 0.15) is 5.75 Å². The first kappa shape index (κ1) is 16.3. The number of para-hydroxylation sites is 1. The van der Waals surface area contributed by atoms with E-state index in [1.54, 1.807) is 11.0 Å². The third-order valence-electron chi connectivity index (χ3n) is 3.85. The molecule has 1 aromatic carbocycles. The van der Waals surface area contributed by atoms with Crippen molar-refractivity contribution in [2.45, 2.75) is 39.2 Å². The maximum Gasteiger partial charge on any atom is 0.303 e. The van der Waals surface area contributed by atoms with Crippen LogP contribution in [0.2, 0.25) is 0 Å². The van der Waals surface area contributed by atoms with Crippen molar-refractivity contribution in [3.63, 3.8) is 0 Å². The van der Waals surface area contributed by atoms with Gasteiger partial charge in [0, 0.05) is 19.5 Å². The molecule has 1 N–H and O–H groups in total. The fraction of sp³-hybridized carbons (Fsp3) is 0.529. The normalized spacial score (nSPS) is 15.9. The number of nitrogens with zero attached hydrogens (tertiary/aromatic N) is 1. The number of rotatable bonds is 5. The molecule has 0 aliphatic carbocycles. The first-order chi connectivity index (χ1) is 10.5. The molecule has 0 bridgehead atoms. The molecule has 0 saturated carbocycles. The van der Waals surface area contributed by atoms with E-state index in [2.05, 4.69) is 0 Å². The average molecular weight is 305 g/mol. The van der Waals surface area contributed by atoms with Gasteiger partial charge in [-0.25, -0.2) is 0 Å². The van der Waals surface area contributed by atoms with Gasteiger partial charge in [-0.1, -0.05) is 12.1 Å². The van der Waals surface area contributed by atoms with Gasteiger partial charge in [-0.3, -0.25) is 9.59 Å². The first-order valence-corrected chi connectivity index (χ1v) is 7.74. The van der Waals surface area contributed by atoms with Gasteiger partial charge in [-0.05, 0) is 44.7 Å². The average Bonchev–Trinajstić information content (AvgIpc) is 2.47. The number of piperidine rings is 1. The number of carbonyl (C=O) groups is 2. The summed E-state index contributed by atoms with van der Waals surface area (Å²) in [7, 11) is 0. The van der Waals surface area contributed by atoms with Crippen LogP contribution < -0.4 is 4.74 Å². The summed E-state index contributed by atoms with van der Waals surface area (Å²) in [5.74, 6) is -0.0238. The SMILES string of the molecule is CC(C)Oc1ccccc1C(=O)N1CCC(CC(=O)O)CC1.